The lowest BCUT2D eigenvalue weighted by Crippen LogP contribution is -1.92. The molecule has 2 N–H and O–H groups in total. The first kappa shape index (κ1) is 9.96. The summed E-state index contributed by atoms with van der Waals surface area (Å²) in [5.74, 6) is 0. The molecule has 0 heterocycles. The Hall–Kier alpha value is -1.12. The molecule has 0 saturated carbocycles. The fourth-order valence-electron chi connectivity index (χ4n) is 1.16. The van der Waals surface area contributed by atoms with Gasteiger partial charge in [-0.2, -0.15) is 0 Å². The van der Waals surface area contributed by atoms with Crippen LogP contribution in [0.15, 0.2) is 30.3 Å². The van der Waals surface area contributed by atoms with E-state index in [0.717, 1.165) is 0 Å². The fraction of sp³-hybridized carbons (Fsp3) is 0.273. The van der Waals surface area contributed by atoms with E-state index in [-0.39, 0.29) is 0 Å². The van der Waals surface area contributed by atoms with Crippen LogP contribution in [0.5, 0.6) is 0 Å². The van der Waals surface area contributed by atoms with Crippen molar-refractivity contribution in [2.45, 2.75) is 6.61 Å². The average molecular weight is 177 g/mol. The minimum absolute atomic E-state index is 0.578. The highest BCUT2D eigenvalue weighted by atomic mass is 16.5. The van der Waals surface area contributed by atoms with Crippen molar-refractivity contribution in [1.82, 2.24) is 0 Å². The van der Waals surface area contributed by atoms with Crippen LogP contribution in [0.2, 0.25) is 0 Å². The Labute approximate surface area is 79.0 Å². The molecule has 0 radical (unpaired) electrons. The smallest absolute Gasteiger partial charge is 0.0713 e. The van der Waals surface area contributed by atoms with Crippen LogP contribution in [0.1, 0.15) is 11.1 Å². The lowest BCUT2D eigenvalue weighted by Gasteiger charge is -2.00. The van der Waals surface area contributed by atoms with Crippen molar-refractivity contribution in [1.29, 1.82) is 0 Å². The van der Waals surface area contributed by atoms with Crippen molar-refractivity contribution in [3.8, 4) is 0 Å². The maximum Gasteiger partial charge on any atom is 0.0713 e. The van der Waals surface area contributed by atoms with E-state index in [0.29, 0.717) is 13.2 Å². The van der Waals surface area contributed by atoms with Gasteiger partial charge < -0.3 is 10.5 Å². The molecule has 1 aromatic carbocycles. The summed E-state index contributed by atoms with van der Waals surface area (Å²) >= 11 is 0. The summed E-state index contributed by atoms with van der Waals surface area (Å²) in [6.45, 7) is 1.23. The molecule has 0 aliphatic rings. The van der Waals surface area contributed by atoms with E-state index in [4.69, 9.17) is 10.5 Å². The zero-order valence-corrected chi connectivity index (χ0v) is 7.86. The fourth-order valence-corrected chi connectivity index (χ4v) is 1.16. The Morgan fingerprint density at radius 1 is 1.46 bits per heavy atom. The lowest BCUT2D eigenvalue weighted by atomic mass is 10.1. The minimum atomic E-state index is 0.578. The second kappa shape index (κ2) is 5.51. The first-order valence-electron chi connectivity index (χ1n) is 4.31. The van der Waals surface area contributed by atoms with Gasteiger partial charge in [0.2, 0.25) is 0 Å². The average Bonchev–Trinajstić information content (AvgIpc) is 2.16. The molecule has 1 rings (SSSR count). The molecule has 2 nitrogen and oxygen atoms in total. The normalized spacial score (nSPS) is 10.9. The zero-order valence-electron chi connectivity index (χ0n) is 7.86. The van der Waals surface area contributed by atoms with Gasteiger partial charge in [-0.1, -0.05) is 30.4 Å². The second-order valence-electron chi connectivity index (χ2n) is 2.82. The van der Waals surface area contributed by atoms with Crippen LogP contribution in [-0.4, -0.2) is 13.7 Å². The van der Waals surface area contributed by atoms with Gasteiger partial charge in [-0.05, 0) is 17.2 Å². The van der Waals surface area contributed by atoms with E-state index in [2.05, 4.69) is 6.07 Å². The summed E-state index contributed by atoms with van der Waals surface area (Å²) in [6, 6.07) is 8.20. The topological polar surface area (TPSA) is 35.2 Å². The van der Waals surface area contributed by atoms with Crippen molar-refractivity contribution < 1.29 is 4.74 Å². The van der Waals surface area contributed by atoms with Crippen molar-refractivity contribution in [3.63, 3.8) is 0 Å². The highest BCUT2D eigenvalue weighted by molar-refractivity contribution is 5.50. The summed E-state index contributed by atoms with van der Waals surface area (Å²) in [5, 5.41) is 0. The van der Waals surface area contributed by atoms with Gasteiger partial charge in [-0.3, -0.25) is 0 Å². The highest BCUT2D eigenvalue weighted by Crippen LogP contribution is 2.07. The first-order valence-corrected chi connectivity index (χ1v) is 4.31. The second-order valence-corrected chi connectivity index (χ2v) is 2.82. The number of rotatable bonds is 4. The summed E-state index contributed by atoms with van der Waals surface area (Å²) in [4.78, 5) is 0. The van der Waals surface area contributed by atoms with Crippen molar-refractivity contribution >= 4 is 6.08 Å². The number of nitrogens with two attached hydrogens (primary N) is 1. The van der Waals surface area contributed by atoms with Gasteiger partial charge in [0, 0.05) is 13.7 Å². The Balaban J connectivity index is 2.73. The van der Waals surface area contributed by atoms with Crippen molar-refractivity contribution in [2.75, 3.05) is 13.7 Å². The van der Waals surface area contributed by atoms with E-state index in [1.165, 1.54) is 11.1 Å². The molecule has 70 valence electrons. The van der Waals surface area contributed by atoms with Gasteiger partial charge in [0.15, 0.2) is 0 Å². The van der Waals surface area contributed by atoms with Gasteiger partial charge in [0.05, 0.1) is 6.61 Å². The molecule has 0 spiro atoms. The summed E-state index contributed by atoms with van der Waals surface area (Å²) < 4.78 is 5.04. The molecule has 0 aliphatic heterocycles. The summed E-state index contributed by atoms with van der Waals surface area (Å²) in [7, 11) is 1.70. The van der Waals surface area contributed by atoms with E-state index in [9.17, 15) is 0 Å². The first-order chi connectivity index (χ1) is 6.36. The molecular formula is C11H15NO. The third kappa shape index (κ3) is 3.40. The Morgan fingerprint density at radius 2 is 2.31 bits per heavy atom. The molecule has 1 aromatic rings. The number of ether oxygens (including phenoxy) is 1. The van der Waals surface area contributed by atoms with Crippen molar-refractivity contribution in [2.24, 2.45) is 5.73 Å². The van der Waals surface area contributed by atoms with Crippen LogP contribution in [0, 0.1) is 0 Å². The SMILES string of the molecule is COCc1cccc(C=CCN)c1. The molecule has 13 heavy (non-hydrogen) atoms. The van der Waals surface area contributed by atoms with Crippen LogP contribution in [-0.2, 0) is 11.3 Å². The number of hydrogen-bond donors (Lipinski definition) is 1. The molecular weight excluding hydrogens is 162 g/mol. The molecule has 0 bridgehead atoms. The van der Waals surface area contributed by atoms with Gasteiger partial charge >= 0.3 is 0 Å². The van der Waals surface area contributed by atoms with Gasteiger partial charge in [-0.25, -0.2) is 0 Å². The largest absolute Gasteiger partial charge is 0.380 e. The number of benzene rings is 1. The molecule has 2 heteroatoms. The number of methoxy groups -OCH3 is 1. The quantitative estimate of drug-likeness (QED) is 0.761. The molecule has 0 unspecified atom stereocenters. The third-order valence-corrected chi connectivity index (χ3v) is 1.71. The summed E-state index contributed by atoms with van der Waals surface area (Å²) in [5.41, 5.74) is 7.71. The van der Waals surface area contributed by atoms with Gasteiger partial charge in [-0.15, -0.1) is 0 Å². The van der Waals surface area contributed by atoms with E-state index >= 15 is 0 Å². The standard InChI is InChI=1S/C11H15NO/c1-13-9-11-5-2-4-10(8-11)6-3-7-12/h2-6,8H,7,9,12H2,1H3. The predicted molar refractivity (Wildman–Crippen MR) is 55.2 cm³/mol. The Bertz CT molecular complexity index is 281. The van der Waals surface area contributed by atoms with E-state index in [1.54, 1.807) is 7.11 Å². The molecule has 0 saturated heterocycles. The molecule has 0 aromatic heterocycles. The maximum atomic E-state index is 5.36. The van der Waals surface area contributed by atoms with Crippen molar-refractivity contribution in [3.05, 3.63) is 41.5 Å². The van der Waals surface area contributed by atoms with E-state index in [1.807, 2.05) is 30.4 Å². The Kier molecular flexibility index (Phi) is 4.23. The van der Waals surface area contributed by atoms with Gasteiger partial charge in [0.1, 0.15) is 0 Å². The predicted octanol–water partition coefficient (Wildman–Crippen LogP) is 1.80. The maximum absolute atomic E-state index is 5.36. The summed E-state index contributed by atoms with van der Waals surface area (Å²) in [6.07, 6.45) is 3.95. The molecule has 0 atom stereocenters. The zero-order chi connectivity index (χ0) is 9.52. The van der Waals surface area contributed by atoms with Crippen LogP contribution in [0.4, 0.5) is 0 Å². The molecule has 0 fully saturated rings. The highest BCUT2D eigenvalue weighted by Gasteiger charge is 1.91. The minimum Gasteiger partial charge on any atom is -0.380 e. The lowest BCUT2D eigenvalue weighted by molar-refractivity contribution is 0.185. The van der Waals surface area contributed by atoms with Crippen LogP contribution < -0.4 is 5.73 Å². The Morgan fingerprint density at radius 3 is 3.00 bits per heavy atom. The van der Waals surface area contributed by atoms with Crippen LogP contribution in [0.3, 0.4) is 0 Å². The number of hydrogen-bond acceptors (Lipinski definition) is 2. The molecule has 0 amide bonds. The third-order valence-electron chi connectivity index (χ3n) is 1.71. The van der Waals surface area contributed by atoms with Crippen LogP contribution in [0.25, 0.3) is 6.08 Å². The monoisotopic (exact) mass is 177 g/mol. The van der Waals surface area contributed by atoms with Gasteiger partial charge in [0.25, 0.3) is 0 Å². The molecule has 0 aliphatic carbocycles. The van der Waals surface area contributed by atoms with Crippen LogP contribution >= 0.6 is 0 Å². The van der Waals surface area contributed by atoms with E-state index < -0.39 is 0 Å².